The molecule has 0 bridgehead atoms. The molecule has 0 aromatic carbocycles. The second kappa shape index (κ2) is 8.56. The molecule has 1 fully saturated rings. The fourth-order valence-corrected chi connectivity index (χ4v) is 4.21. The molecule has 10 nitrogen and oxygen atoms in total. The highest BCUT2D eigenvalue weighted by atomic mass is 32.1. The van der Waals surface area contributed by atoms with Gasteiger partial charge in [0.2, 0.25) is 5.91 Å². The van der Waals surface area contributed by atoms with Crippen molar-refractivity contribution < 1.29 is 4.79 Å². The van der Waals surface area contributed by atoms with Gasteiger partial charge in [-0.05, 0) is 37.1 Å². The number of aromatic nitrogens is 7. The van der Waals surface area contributed by atoms with Crippen LogP contribution in [0.4, 0.5) is 10.9 Å². The minimum absolute atomic E-state index is 0.0289. The molecular weight excluding hydrogens is 414 g/mol. The van der Waals surface area contributed by atoms with Crippen LogP contribution in [0, 0.1) is 5.92 Å². The lowest BCUT2D eigenvalue weighted by atomic mass is 9.97. The largest absolute Gasteiger partial charge is 0.354 e. The van der Waals surface area contributed by atoms with Crippen molar-refractivity contribution in [3.8, 4) is 17.2 Å². The summed E-state index contributed by atoms with van der Waals surface area (Å²) in [6.45, 7) is 1.42. The lowest BCUT2D eigenvalue weighted by Crippen LogP contribution is -2.41. The van der Waals surface area contributed by atoms with E-state index < -0.39 is 0 Å². The standard InChI is InChI=1S/C20H19N9OS/c30-19(25-20-24-16(11-31-20)15-5-1-2-8-22-15)14-4-3-9-28(10-14)17-6-7-18(27-26-17)29-13-21-12-23-29/h1-2,5-8,11-14H,3-4,9-10H2,(H,24,25,30)/t14-/m0/s1. The van der Waals surface area contributed by atoms with Gasteiger partial charge in [-0.15, -0.1) is 21.5 Å². The monoisotopic (exact) mass is 433 g/mol. The Balaban J connectivity index is 1.23. The first-order chi connectivity index (χ1) is 15.3. The molecular formula is C20H19N9OS. The number of piperidine rings is 1. The third kappa shape index (κ3) is 4.26. The summed E-state index contributed by atoms with van der Waals surface area (Å²) in [5.74, 6) is 1.17. The van der Waals surface area contributed by atoms with Crippen LogP contribution in [0.3, 0.4) is 0 Å². The summed E-state index contributed by atoms with van der Waals surface area (Å²) < 4.78 is 1.55. The maximum atomic E-state index is 12.9. The van der Waals surface area contributed by atoms with Crippen LogP contribution in [0.15, 0.2) is 54.6 Å². The zero-order valence-corrected chi connectivity index (χ0v) is 17.3. The van der Waals surface area contributed by atoms with Crippen LogP contribution in [-0.2, 0) is 4.79 Å². The Labute approximate surface area is 182 Å². The third-order valence-corrected chi connectivity index (χ3v) is 5.83. The topological polar surface area (TPSA) is 115 Å². The molecule has 1 aliphatic rings. The van der Waals surface area contributed by atoms with E-state index in [0.29, 0.717) is 17.5 Å². The van der Waals surface area contributed by atoms with E-state index in [9.17, 15) is 4.79 Å². The van der Waals surface area contributed by atoms with E-state index in [1.54, 1.807) is 17.2 Å². The molecule has 4 aromatic heterocycles. The zero-order valence-electron chi connectivity index (χ0n) is 16.5. The van der Waals surface area contributed by atoms with Crippen LogP contribution in [0.2, 0.25) is 0 Å². The van der Waals surface area contributed by atoms with Gasteiger partial charge in [-0.2, -0.15) is 5.10 Å². The quantitative estimate of drug-likeness (QED) is 0.510. The van der Waals surface area contributed by atoms with Crippen LogP contribution in [0.25, 0.3) is 17.2 Å². The Morgan fingerprint density at radius 2 is 2.03 bits per heavy atom. The molecule has 1 atom stereocenters. The molecule has 0 saturated carbocycles. The smallest absolute Gasteiger partial charge is 0.231 e. The SMILES string of the molecule is O=C(Nc1nc(-c2ccccn2)cs1)[C@H]1CCCN(c2ccc(-n3cncn3)nn2)C1. The molecule has 5 rings (SSSR count). The molecule has 1 saturated heterocycles. The Morgan fingerprint density at radius 3 is 2.81 bits per heavy atom. The average molecular weight is 434 g/mol. The number of pyridine rings is 1. The fraction of sp³-hybridized carbons (Fsp3) is 0.250. The van der Waals surface area contributed by atoms with E-state index in [0.717, 1.165) is 36.6 Å². The third-order valence-electron chi connectivity index (χ3n) is 5.07. The second-order valence-corrected chi connectivity index (χ2v) is 7.98. The Bertz CT molecular complexity index is 1150. The first-order valence-corrected chi connectivity index (χ1v) is 10.8. The Morgan fingerprint density at radius 1 is 1.13 bits per heavy atom. The molecule has 156 valence electrons. The van der Waals surface area contributed by atoms with Crippen molar-refractivity contribution in [2.24, 2.45) is 5.92 Å². The Hall–Kier alpha value is -3.73. The summed E-state index contributed by atoms with van der Waals surface area (Å²) in [5, 5.41) is 18.0. The van der Waals surface area contributed by atoms with E-state index in [4.69, 9.17) is 0 Å². The summed E-state index contributed by atoms with van der Waals surface area (Å²) in [4.78, 5) is 27.7. The highest BCUT2D eigenvalue weighted by molar-refractivity contribution is 7.14. The van der Waals surface area contributed by atoms with Crippen LogP contribution < -0.4 is 10.2 Å². The van der Waals surface area contributed by atoms with E-state index >= 15 is 0 Å². The van der Waals surface area contributed by atoms with E-state index in [2.05, 4.69) is 40.5 Å². The molecule has 0 radical (unpaired) electrons. The van der Waals surface area contributed by atoms with Crippen LogP contribution >= 0.6 is 11.3 Å². The van der Waals surface area contributed by atoms with Crippen molar-refractivity contribution >= 4 is 28.2 Å². The van der Waals surface area contributed by atoms with Crippen molar-refractivity contribution in [1.82, 2.24) is 34.9 Å². The minimum Gasteiger partial charge on any atom is -0.354 e. The van der Waals surface area contributed by atoms with Gasteiger partial charge >= 0.3 is 0 Å². The first-order valence-electron chi connectivity index (χ1n) is 9.88. The van der Waals surface area contributed by atoms with Crippen LogP contribution in [0.5, 0.6) is 0 Å². The van der Waals surface area contributed by atoms with E-state index in [1.807, 2.05) is 35.7 Å². The maximum absolute atomic E-state index is 12.9. The van der Waals surface area contributed by atoms with Crippen molar-refractivity contribution in [2.45, 2.75) is 12.8 Å². The second-order valence-electron chi connectivity index (χ2n) is 7.12. The summed E-state index contributed by atoms with van der Waals surface area (Å²) in [5.41, 5.74) is 1.55. The zero-order chi connectivity index (χ0) is 21.0. The molecule has 0 aliphatic carbocycles. The summed E-state index contributed by atoms with van der Waals surface area (Å²) in [6.07, 6.45) is 6.48. The van der Waals surface area contributed by atoms with Crippen LogP contribution in [0.1, 0.15) is 12.8 Å². The number of hydrogen-bond acceptors (Lipinski definition) is 9. The highest BCUT2D eigenvalue weighted by Gasteiger charge is 2.27. The van der Waals surface area contributed by atoms with Gasteiger partial charge in [-0.25, -0.2) is 14.6 Å². The van der Waals surface area contributed by atoms with Crippen LogP contribution in [-0.4, -0.2) is 53.9 Å². The number of rotatable bonds is 5. The minimum atomic E-state index is -0.146. The van der Waals surface area contributed by atoms with E-state index in [1.165, 1.54) is 17.7 Å². The number of carbonyl (C=O) groups is 1. The van der Waals surface area contributed by atoms with Gasteiger partial charge in [0.1, 0.15) is 18.3 Å². The number of nitrogens with zero attached hydrogens (tertiary/aromatic N) is 8. The normalized spacial score (nSPS) is 16.3. The lowest BCUT2D eigenvalue weighted by Gasteiger charge is -2.32. The average Bonchev–Trinajstić information content (AvgIpc) is 3.53. The first kappa shape index (κ1) is 19.2. The molecule has 0 spiro atoms. The van der Waals surface area contributed by atoms with Crippen molar-refractivity contribution in [3.63, 3.8) is 0 Å². The molecule has 1 aliphatic heterocycles. The summed E-state index contributed by atoms with van der Waals surface area (Å²) >= 11 is 1.40. The number of hydrogen-bond donors (Lipinski definition) is 1. The van der Waals surface area contributed by atoms with Crippen molar-refractivity contribution in [2.75, 3.05) is 23.3 Å². The Kier molecular flexibility index (Phi) is 5.31. The lowest BCUT2D eigenvalue weighted by molar-refractivity contribution is -0.120. The van der Waals surface area contributed by atoms with Crippen molar-refractivity contribution in [3.05, 3.63) is 54.6 Å². The van der Waals surface area contributed by atoms with Gasteiger partial charge < -0.3 is 10.2 Å². The molecule has 31 heavy (non-hydrogen) atoms. The van der Waals surface area contributed by atoms with Gasteiger partial charge in [0.05, 0.1) is 11.6 Å². The highest BCUT2D eigenvalue weighted by Crippen LogP contribution is 2.26. The predicted octanol–water partition coefficient (Wildman–Crippen LogP) is 2.43. The van der Waals surface area contributed by atoms with Gasteiger partial charge in [0.15, 0.2) is 16.8 Å². The molecule has 4 aromatic rings. The summed E-state index contributed by atoms with van der Waals surface area (Å²) in [6, 6.07) is 9.41. The molecule has 5 heterocycles. The van der Waals surface area contributed by atoms with E-state index in [-0.39, 0.29) is 11.8 Å². The fourth-order valence-electron chi connectivity index (χ4n) is 3.51. The summed E-state index contributed by atoms with van der Waals surface area (Å²) in [7, 11) is 0. The molecule has 1 N–H and O–H groups in total. The van der Waals surface area contributed by atoms with Gasteiger partial charge in [-0.3, -0.25) is 9.78 Å². The van der Waals surface area contributed by atoms with Crippen molar-refractivity contribution in [1.29, 1.82) is 0 Å². The number of thiazole rings is 1. The van der Waals surface area contributed by atoms with Gasteiger partial charge in [-0.1, -0.05) is 6.07 Å². The molecule has 11 heteroatoms. The predicted molar refractivity (Wildman–Crippen MR) is 116 cm³/mol. The van der Waals surface area contributed by atoms with Gasteiger partial charge in [0.25, 0.3) is 0 Å². The number of amides is 1. The maximum Gasteiger partial charge on any atom is 0.231 e. The molecule has 0 unspecified atom stereocenters. The number of nitrogens with one attached hydrogen (secondary N) is 1. The van der Waals surface area contributed by atoms with Gasteiger partial charge in [0, 0.05) is 24.7 Å². The number of carbonyl (C=O) groups excluding carboxylic acids is 1. The molecule has 1 amide bonds. The number of anilines is 2.